The van der Waals surface area contributed by atoms with E-state index in [1.54, 1.807) is 6.07 Å². The van der Waals surface area contributed by atoms with Gasteiger partial charge in [0.05, 0.1) is 36.8 Å². The van der Waals surface area contributed by atoms with Crippen LogP contribution in [0.1, 0.15) is 23.2 Å². The third-order valence-corrected chi connectivity index (χ3v) is 4.22. The fourth-order valence-corrected chi connectivity index (χ4v) is 2.88. The smallest absolute Gasteiger partial charge is 0.255 e. The Morgan fingerprint density at radius 3 is 3.12 bits per heavy atom. The topological polar surface area (TPSA) is 76.2 Å². The molecule has 1 aliphatic heterocycles. The molecule has 1 atom stereocenters. The predicted octanol–water partition coefficient (Wildman–Crippen LogP) is 2.66. The number of halogens is 1. The Hall–Kier alpha value is -1.89. The molecular formula is C17H20ClN3O3. The van der Waals surface area contributed by atoms with Gasteiger partial charge in [-0.05, 0) is 18.9 Å². The van der Waals surface area contributed by atoms with E-state index in [1.807, 2.05) is 18.2 Å². The van der Waals surface area contributed by atoms with Crippen molar-refractivity contribution in [1.82, 2.24) is 15.5 Å². The summed E-state index contributed by atoms with van der Waals surface area (Å²) in [5, 5.41) is 10.2. The van der Waals surface area contributed by atoms with Crippen molar-refractivity contribution in [2.24, 2.45) is 0 Å². The number of H-pyrrole nitrogens is 1. The highest BCUT2D eigenvalue weighted by Gasteiger charge is 2.17. The number of aromatic amines is 1. The molecule has 1 amide bonds. The lowest BCUT2D eigenvalue weighted by molar-refractivity contribution is 0.0183. The lowest BCUT2D eigenvalue weighted by Gasteiger charge is -2.10. The highest BCUT2D eigenvalue weighted by molar-refractivity contribution is 6.33. The van der Waals surface area contributed by atoms with Crippen LogP contribution in [0.3, 0.4) is 0 Å². The SMILES string of the molecule is O=C(NCCOC[C@@H]1CCCO1)c1cn[nH]c1-c1ccccc1Cl. The Labute approximate surface area is 145 Å². The Kier molecular flexibility index (Phi) is 5.85. The molecule has 1 fully saturated rings. The van der Waals surface area contributed by atoms with E-state index in [4.69, 9.17) is 21.1 Å². The van der Waals surface area contributed by atoms with Gasteiger partial charge in [0.1, 0.15) is 0 Å². The second-order valence-corrected chi connectivity index (χ2v) is 6.01. The van der Waals surface area contributed by atoms with Gasteiger partial charge in [0.15, 0.2) is 0 Å². The average Bonchev–Trinajstić information content (AvgIpc) is 3.26. The Morgan fingerprint density at radius 2 is 2.33 bits per heavy atom. The number of ether oxygens (including phenoxy) is 2. The van der Waals surface area contributed by atoms with Gasteiger partial charge in [0.25, 0.3) is 5.91 Å². The number of benzene rings is 1. The summed E-state index contributed by atoms with van der Waals surface area (Å²) in [7, 11) is 0. The van der Waals surface area contributed by atoms with Crippen molar-refractivity contribution in [3.8, 4) is 11.3 Å². The molecular weight excluding hydrogens is 330 g/mol. The first kappa shape index (κ1) is 17.0. The first-order valence-electron chi connectivity index (χ1n) is 8.01. The molecule has 2 aromatic rings. The molecule has 128 valence electrons. The maximum Gasteiger partial charge on any atom is 0.255 e. The summed E-state index contributed by atoms with van der Waals surface area (Å²) in [6, 6.07) is 7.33. The summed E-state index contributed by atoms with van der Waals surface area (Å²) >= 11 is 6.19. The summed E-state index contributed by atoms with van der Waals surface area (Å²) in [6.07, 6.45) is 3.83. The summed E-state index contributed by atoms with van der Waals surface area (Å²) in [6.45, 7) is 2.27. The number of aromatic nitrogens is 2. The molecule has 0 radical (unpaired) electrons. The predicted molar refractivity (Wildman–Crippen MR) is 91.2 cm³/mol. The molecule has 7 heteroatoms. The Balaban J connectivity index is 1.51. The minimum Gasteiger partial charge on any atom is -0.377 e. The second-order valence-electron chi connectivity index (χ2n) is 5.60. The van der Waals surface area contributed by atoms with E-state index in [0.717, 1.165) is 25.0 Å². The van der Waals surface area contributed by atoms with Crippen LogP contribution in [-0.4, -0.2) is 48.6 Å². The van der Waals surface area contributed by atoms with Crippen LogP contribution in [0.4, 0.5) is 0 Å². The van der Waals surface area contributed by atoms with E-state index in [1.165, 1.54) is 6.20 Å². The van der Waals surface area contributed by atoms with Crippen LogP contribution < -0.4 is 5.32 Å². The largest absolute Gasteiger partial charge is 0.377 e. The fourth-order valence-electron chi connectivity index (χ4n) is 2.65. The number of nitrogens with zero attached hydrogens (tertiary/aromatic N) is 1. The molecule has 2 heterocycles. The zero-order chi connectivity index (χ0) is 16.8. The first-order chi connectivity index (χ1) is 11.8. The van der Waals surface area contributed by atoms with Crippen molar-refractivity contribution in [2.75, 3.05) is 26.4 Å². The van der Waals surface area contributed by atoms with Crippen LogP contribution in [0, 0.1) is 0 Å². The average molecular weight is 350 g/mol. The van der Waals surface area contributed by atoms with Gasteiger partial charge in [-0.3, -0.25) is 9.89 Å². The van der Waals surface area contributed by atoms with Crippen LogP contribution >= 0.6 is 11.6 Å². The third kappa shape index (κ3) is 4.14. The van der Waals surface area contributed by atoms with Gasteiger partial charge in [-0.15, -0.1) is 0 Å². The highest BCUT2D eigenvalue weighted by atomic mass is 35.5. The van der Waals surface area contributed by atoms with Gasteiger partial charge >= 0.3 is 0 Å². The third-order valence-electron chi connectivity index (χ3n) is 3.89. The van der Waals surface area contributed by atoms with Gasteiger partial charge in [0, 0.05) is 23.7 Å². The molecule has 2 N–H and O–H groups in total. The Bertz CT molecular complexity index is 683. The highest BCUT2D eigenvalue weighted by Crippen LogP contribution is 2.28. The first-order valence-corrected chi connectivity index (χ1v) is 8.39. The molecule has 0 saturated carbocycles. The summed E-state index contributed by atoms with van der Waals surface area (Å²) in [5.41, 5.74) is 1.82. The number of hydrogen-bond acceptors (Lipinski definition) is 4. The van der Waals surface area contributed by atoms with Crippen LogP contribution in [-0.2, 0) is 9.47 Å². The van der Waals surface area contributed by atoms with E-state index in [-0.39, 0.29) is 12.0 Å². The molecule has 0 bridgehead atoms. The maximum absolute atomic E-state index is 12.3. The van der Waals surface area contributed by atoms with Crippen LogP contribution in [0.2, 0.25) is 5.02 Å². The number of carbonyl (C=O) groups excluding carboxylic acids is 1. The normalized spacial score (nSPS) is 17.1. The molecule has 6 nitrogen and oxygen atoms in total. The molecule has 0 aliphatic carbocycles. The molecule has 1 aliphatic rings. The monoisotopic (exact) mass is 349 g/mol. The van der Waals surface area contributed by atoms with Gasteiger partial charge in [-0.25, -0.2) is 0 Å². The molecule has 0 spiro atoms. The minimum atomic E-state index is -0.209. The van der Waals surface area contributed by atoms with E-state index in [9.17, 15) is 4.79 Å². The molecule has 24 heavy (non-hydrogen) atoms. The molecule has 3 rings (SSSR count). The van der Waals surface area contributed by atoms with E-state index < -0.39 is 0 Å². The number of rotatable bonds is 7. The van der Waals surface area contributed by atoms with Crippen molar-refractivity contribution >= 4 is 17.5 Å². The second kappa shape index (κ2) is 8.28. The van der Waals surface area contributed by atoms with Gasteiger partial charge in [-0.1, -0.05) is 29.8 Å². The summed E-state index contributed by atoms with van der Waals surface area (Å²) in [4.78, 5) is 12.3. The van der Waals surface area contributed by atoms with Crippen molar-refractivity contribution in [3.05, 3.63) is 41.0 Å². The number of nitrogens with one attached hydrogen (secondary N) is 2. The zero-order valence-electron chi connectivity index (χ0n) is 13.3. The van der Waals surface area contributed by atoms with Gasteiger partial charge in [0.2, 0.25) is 0 Å². The molecule has 1 aromatic carbocycles. The van der Waals surface area contributed by atoms with E-state index >= 15 is 0 Å². The standard InChI is InChI=1S/C17H20ClN3O3/c18-15-6-2-1-5-13(15)16-14(10-20-21-16)17(22)19-7-9-23-11-12-4-3-8-24-12/h1-2,5-6,10,12H,3-4,7-9,11H2,(H,19,22)(H,20,21)/t12-/m0/s1. The van der Waals surface area contributed by atoms with Crippen LogP contribution in [0.5, 0.6) is 0 Å². The Morgan fingerprint density at radius 1 is 1.46 bits per heavy atom. The van der Waals surface area contributed by atoms with E-state index in [0.29, 0.717) is 36.0 Å². The van der Waals surface area contributed by atoms with Crippen LogP contribution in [0.25, 0.3) is 11.3 Å². The number of amides is 1. The molecule has 1 aromatic heterocycles. The summed E-state index contributed by atoms with van der Waals surface area (Å²) < 4.78 is 11.0. The van der Waals surface area contributed by atoms with Crippen molar-refractivity contribution in [3.63, 3.8) is 0 Å². The maximum atomic E-state index is 12.3. The zero-order valence-corrected chi connectivity index (χ0v) is 14.0. The number of hydrogen-bond donors (Lipinski definition) is 2. The fraction of sp³-hybridized carbons (Fsp3) is 0.412. The van der Waals surface area contributed by atoms with E-state index in [2.05, 4.69) is 15.5 Å². The van der Waals surface area contributed by atoms with Crippen molar-refractivity contribution in [2.45, 2.75) is 18.9 Å². The van der Waals surface area contributed by atoms with Gasteiger partial charge in [-0.2, -0.15) is 5.10 Å². The molecule has 0 unspecified atom stereocenters. The lowest BCUT2D eigenvalue weighted by Crippen LogP contribution is -2.28. The minimum absolute atomic E-state index is 0.196. The van der Waals surface area contributed by atoms with Crippen molar-refractivity contribution < 1.29 is 14.3 Å². The van der Waals surface area contributed by atoms with Gasteiger partial charge < -0.3 is 14.8 Å². The molecule has 1 saturated heterocycles. The van der Waals surface area contributed by atoms with Crippen molar-refractivity contribution in [1.29, 1.82) is 0 Å². The van der Waals surface area contributed by atoms with Crippen LogP contribution in [0.15, 0.2) is 30.5 Å². The summed E-state index contributed by atoms with van der Waals surface area (Å²) in [5.74, 6) is -0.209. The lowest BCUT2D eigenvalue weighted by atomic mass is 10.1. The number of carbonyl (C=O) groups is 1. The quantitative estimate of drug-likeness (QED) is 0.753.